The van der Waals surface area contributed by atoms with Crippen LogP contribution in [0.1, 0.15) is 6.92 Å². The van der Waals surface area contributed by atoms with Crippen LogP contribution in [0.4, 0.5) is 5.69 Å². The zero-order valence-electron chi connectivity index (χ0n) is 13.8. The van der Waals surface area contributed by atoms with Gasteiger partial charge in [-0.15, -0.1) is 0 Å². The van der Waals surface area contributed by atoms with Gasteiger partial charge in [-0.2, -0.15) is 8.61 Å². The largest absolute Gasteiger partial charge is 0.479 e. The van der Waals surface area contributed by atoms with Crippen LogP contribution in [0.25, 0.3) is 0 Å². The summed E-state index contributed by atoms with van der Waals surface area (Å²) in [6, 6.07) is 4.26. The lowest BCUT2D eigenvalue weighted by atomic mass is 10.2. The van der Waals surface area contributed by atoms with Gasteiger partial charge in [0, 0.05) is 32.2 Å². The normalized spacial score (nSPS) is 22.8. The Morgan fingerprint density at radius 2 is 1.68 bits per heavy atom. The zero-order chi connectivity index (χ0) is 18.4. The molecule has 1 aromatic rings. The number of amides is 1. The summed E-state index contributed by atoms with van der Waals surface area (Å²) in [5, 5.41) is 2.64. The number of anilines is 1. The molecular weight excluding hydrogens is 370 g/mol. The van der Waals surface area contributed by atoms with Gasteiger partial charge in [-0.1, -0.05) is 0 Å². The zero-order valence-corrected chi connectivity index (χ0v) is 15.4. The number of carbonyl (C=O) groups excluding carboxylic acids is 1. The molecule has 0 aromatic heterocycles. The molecule has 1 fully saturated rings. The molecule has 0 saturated carbocycles. The van der Waals surface area contributed by atoms with Crippen LogP contribution < -0.4 is 10.1 Å². The molecule has 1 saturated heterocycles. The number of carbonyl (C=O) groups is 1. The molecule has 25 heavy (non-hydrogen) atoms. The predicted molar refractivity (Wildman–Crippen MR) is 90.3 cm³/mol. The highest BCUT2D eigenvalue weighted by molar-refractivity contribution is 7.89. The van der Waals surface area contributed by atoms with E-state index in [1.807, 2.05) is 0 Å². The van der Waals surface area contributed by atoms with E-state index in [-0.39, 0.29) is 37.0 Å². The fourth-order valence-corrected chi connectivity index (χ4v) is 5.00. The van der Waals surface area contributed by atoms with E-state index in [1.165, 1.54) is 26.8 Å². The van der Waals surface area contributed by atoms with Crippen molar-refractivity contribution in [2.24, 2.45) is 0 Å². The van der Waals surface area contributed by atoms with Crippen LogP contribution in [0.15, 0.2) is 23.1 Å². The van der Waals surface area contributed by atoms with Gasteiger partial charge >= 0.3 is 0 Å². The summed E-state index contributed by atoms with van der Waals surface area (Å²) >= 11 is 0. The molecule has 0 aliphatic carbocycles. The lowest BCUT2D eigenvalue weighted by molar-refractivity contribution is -0.122. The molecule has 1 aromatic carbocycles. The first kappa shape index (κ1) is 18.1. The summed E-state index contributed by atoms with van der Waals surface area (Å²) in [5.41, 5.74) is 0.420. The maximum atomic E-state index is 12.8. The van der Waals surface area contributed by atoms with Crippen LogP contribution >= 0.6 is 0 Å². The van der Waals surface area contributed by atoms with Crippen molar-refractivity contribution in [1.82, 2.24) is 8.61 Å². The van der Waals surface area contributed by atoms with E-state index < -0.39 is 26.2 Å². The number of ether oxygens (including phenoxy) is 1. The summed E-state index contributed by atoms with van der Waals surface area (Å²) in [6.07, 6.45) is 0.400. The van der Waals surface area contributed by atoms with Crippen molar-refractivity contribution in [2.75, 3.05) is 37.8 Å². The van der Waals surface area contributed by atoms with Crippen LogP contribution in [-0.4, -0.2) is 69.9 Å². The first-order valence-electron chi connectivity index (χ1n) is 7.66. The number of piperazine rings is 1. The van der Waals surface area contributed by atoms with Crippen molar-refractivity contribution in [3.05, 3.63) is 18.2 Å². The fourth-order valence-electron chi connectivity index (χ4n) is 2.73. The number of hydrogen-bond donors (Lipinski definition) is 1. The SMILES string of the molecule is CC1Oc2cc(S(=O)(=O)N3CCN(S(C)(=O)=O)CC3)ccc2NC1=O. The maximum Gasteiger partial charge on any atom is 0.265 e. The molecule has 1 N–H and O–H groups in total. The van der Waals surface area contributed by atoms with Gasteiger partial charge in [0.25, 0.3) is 5.91 Å². The third kappa shape index (κ3) is 3.50. The van der Waals surface area contributed by atoms with Gasteiger partial charge in [0.2, 0.25) is 20.0 Å². The molecule has 0 bridgehead atoms. The van der Waals surface area contributed by atoms with E-state index in [0.29, 0.717) is 11.4 Å². The number of hydrogen-bond acceptors (Lipinski definition) is 6. The first-order valence-corrected chi connectivity index (χ1v) is 10.9. The molecule has 9 nitrogen and oxygen atoms in total. The van der Waals surface area contributed by atoms with Gasteiger partial charge < -0.3 is 10.1 Å². The number of nitrogens with zero attached hydrogens (tertiary/aromatic N) is 2. The second kappa shape index (κ2) is 6.24. The fraction of sp³-hybridized carbons (Fsp3) is 0.500. The Bertz CT molecular complexity index is 904. The van der Waals surface area contributed by atoms with Crippen molar-refractivity contribution in [3.8, 4) is 5.75 Å². The van der Waals surface area contributed by atoms with Crippen molar-refractivity contribution < 1.29 is 26.4 Å². The average molecular weight is 389 g/mol. The Hall–Kier alpha value is -1.69. The average Bonchev–Trinajstić information content (AvgIpc) is 2.55. The summed E-state index contributed by atoms with van der Waals surface area (Å²) < 4.78 is 56.6. The Morgan fingerprint density at radius 1 is 1.08 bits per heavy atom. The number of rotatable bonds is 3. The Morgan fingerprint density at radius 3 is 2.28 bits per heavy atom. The third-order valence-corrected chi connectivity index (χ3v) is 7.39. The Balaban J connectivity index is 1.82. The highest BCUT2D eigenvalue weighted by Gasteiger charge is 2.32. The summed E-state index contributed by atoms with van der Waals surface area (Å²) in [4.78, 5) is 11.6. The quantitative estimate of drug-likeness (QED) is 0.758. The minimum absolute atomic E-state index is 0.0439. The van der Waals surface area contributed by atoms with E-state index in [0.717, 1.165) is 6.26 Å². The van der Waals surface area contributed by atoms with E-state index in [1.54, 1.807) is 6.92 Å². The molecule has 0 radical (unpaired) electrons. The number of sulfonamides is 2. The first-order chi connectivity index (χ1) is 11.6. The maximum absolute atomic E-state index is 12.8. The van der Waals surface area contributed by atoms with E-state index in [9.17, 15) is 21.6 Å². The molecule has 3 rings (SSSR count). The standard InChI is InChI=1S/C14H19N3O6S2/c1-10-14(18)15-12-4-3-11(9-13(12)23-10)25(21,22)17-7-5-16(6-8-17)24(2,19)20/h3-4,9-10H,5-8H2,1-2H3,(H,15,18). The minimum atomic E-state index is -3.78. The van der Waals surface area contributed by atoms with Crippen LogP contribution in [0.5, 0.6) is 5.75 Å². The smallest absolute Gasteiger partial charge is 0.265 e. The van der Waals surface area contributed by atoms with Crippen molar-refractivity contribution >= 4 is 31.6 Å². The second-order valence-electron chi connectivity index (χ2n) is 5.97. The molecular formula is C14H19N3O6S2. The van der Waals surface area contributed by atoms with E-state index in [4.69, 9.17) is 4.74 Å². The molecule has 11 heteroatoms. The Kier molecular flexibility index (Phi) is 4.52. The molecule has 2 heterocycles. The molecule has 1 unspecified atom stereocenters. The van der Waals surface area contributed by atoms with Crippen molar-refractivity contribution in [1.29, 1.82) is 0 Å². The monoisotopic (exact) mass is 389 g/mol. The van der Waals surface area contributed by atoms with Crippen LogP contribution in [0, 0.1) is 0 Å². The van der Waals surface area contributed by atoms with Gasteiger partial charge in [-0.3, -0.25) is 4.79 Å². The predicted octanol–water partition coefficient (Wildman–Crippen LogP) is -0.328. The lowest BCUT2D eigenvalue weighted by Gasteiger charge is -2.32. The van der Waals surface area contributed by atoms with Gasteiger partial charge in [-0.25, -0.2) is 16.8 Å². The van der Waals surface area contributed by atoms with Crippen molar-refractivity contribution in [3.63, 3.8) is 0 Å². The van der Waals surface area contributed by atoms with Gasteiger partial charge in [-0.05, 0) is 19.1 Å². The van der Waals surface area contributed by atoms with Crippen LogP contribution in [0.2, 0.25) is 0 Å². The molecule has 2 aliphatic rings. The minimum Gasteiger partial charge on any atom is -0.479 e. The summed E-state index contributed by atoms with van der Waals surface area (Å²) in [6.45, 7) is 1.98. The van der Waals surface area contributed by atoms with Gasteiger partial charge in [0.05, 0.1) is 16.8 Å². The third-order valence-electron chi connectivity index (χ3n) is 4.19. The number of benzene rings is 1. The lowest BCUT2D eigenvalue weighted by Crippen LogP contribution is -2.50. The number of fused-ring (bicyclic) bond motifs is 1. The Labute approximate surface area is 146 Å². The molecule has 0 spiro atoms. The highest BCUT2D eigenvalue weighted by Crippen LogP contribution is 2.33. The molecule has 1 amide bonds. The topological polar surface area (TPSA) is 113 Å². The van der Waals surface area contributed by atoms with Crippen LogP contribution in [-0.2, 0) is 24.8 Å². The molecule has 1 atom stereocenters. The molecule has 2 aliphatic heterocycles. The van der Waals surface area contributed by atoms with E-state index >= 15 is 0 Å². The summed E-state index contributed by atoms with van der Waals surface area (Å²) in [7, 11) is -7.11. The number of nitrogens with one attached hydrogen (secondary N) is 1. The van der Waals surface area contributed by atoms with Crippen LogP contribution in [0.3, 0.4) is 0 Å². The van der Waals surface area contributed by atoms with Gasteiger partial charge in [0.15, 0.2) is 6.10 Å². The molecule has 138 valence electrons. The highest BCUT2D eigenvalue weighted by atomic mass is 32.2. The van der Waals surface area contributed by atoms with Gasteiger partial charge in [0.1, 0.15) is 5.75 Å². The van der Waals surface area contributed by atoms with E-state index in [2.05, 4.69) is 5.32 Å². The summed E-state index contributed by atoms with van der Waals surface area (Å²) in [5.74, 6) is 0.00273. The van der Waals surface area contributed by atoms with Crippen molar-refractivity contribution in [2.45, 2.75) is 17.9 Å². The second-order valence-corrected chi connectivity index (χ2v) is 9.89.